The van der Waals surface area contributed by atoms with Gasteiger partial charge in [0.1, 0.15) is 18.0 Å². The summed E-state index contributed by atoms with van der Waals surface area (Å²) in [6.07, 6.45) is 2.95. The topological polar surface area (TPSA) is 77.8 Å². The average molecular weight is 258 g/mol. The Morgan fingerprint density at radius 1 is 1.16 bits per heavy atom. The van der Waals surface area contributed by atoms with Crippen molar-refractivity contribution in [1.82, 2.24) is 0 Å². The number of aliphatic hydroxyl groups excluding tert-OH is 3. The van der Waals surface area contributed by atoms with Crippen LogP contribution >= 0.6 is 0 Å². The molecule has 1 aliphatic carbocycles. The molecule has 0 aromatic heterocycles. The van der Waals surface area contributed by atoms with Gasteiger partial charge in [-0.2, -0.15) is 0 Å². The first kappa shape index (κ1) is 13.3. The normalized spacial score (nSPS) is 25.9. The van der Waals surface area contributed by atoms with Crippen molar-refractivity contribution < 1.29 is 20.1 Å². The summed E-state index contributed by atoms with van der Waals surface area (Å²) >= 11 is 0. The van der Waals surface area contributed by atoms with Gasteiger partial charge in [-0.25, -0.2) is 0 Å². The highest BCUT2D eigenvalue weighted by molar-refractivity contribution is 6.03. The molecule has 2 atom stereocenters. The highest BCUT2D eigenvalue weighted by Gasteiger charge is 2.27. The number of benzene rings is 1. The summed E-state index contributed by atoms with van der Waals surface area (Å²) in [5.41, 5.74) is 0.868. The van der Waals surface area contributed by atoms with Gasteiger partial charge in [0.05, 0.1) is 0 Å². The van der Waals surface area contributed by atoms with E-state index in [0.717, 1.165) is 0 Å². The Morgan fingerprint density at radius 3 is 2.53 bits per heavy atom. The molecule has 3 N–H and O–H groups in total. The number of rotatable bonds is 2. The molecule has 0 radical (unpaired) electrons. The highest BCUT2D eigenvalue weighted by Crippen LogP contribution is 2.16. The molecule has 0 amide bonds. The van der Waals surface area contributed by atoms with Crippen LogP contribution in [0.15, 0.2) is 60.2 Å². The fraction of sp³-hybridized carbons (Fsp3) is 0.133. The minimum atomic E-state index is -1.44. The summed E-state index contributed by atoms with van der Waals surface area (Å²) in [4.78, 5) is 11.6. The first-order chi connectivity index (χ1) is 9.09. The summed E-state index contributed by atoms with van der Waals surface area (Å²) in [5.74, 6) is -0.540. The predicted molar refractivity (Wildman–Crippen MR) is 71.3 cm³/mol. The molecule has 98 valence electrons. The molecule has 0 bridgehead atoms. The van der Waals surface area contributed by atoms with Crippen molar-refractivity contribution in [3.05, 3.63) is 65.8 Å². The lowest BCUT2D eigenvalue weighted by atomic mass is 9.95. The monoisotopic (exact) mass is 258 g/mol. The second-order valence-electron chi connectivity index (χ2n) is 4.20. The van der Waals surface area contributed by atoms with E-state index in [2.05, 4.69) is 0 Å². The molecule has 19 heavy (non-hydrogen) atoms. The first-order valence-electron chi connectivity index (χ1n) is 5.84. The summed E-state index contributed by atoms with van der Waals surface area (Å²) < 4.78 is 0. The van der Waals surface area contributed by atoms with Gasteiger partial charge in [-0.1, -0.05) is 42.5 Å². The van der Waals surface area contributed by atoms with Gasteiger partial charge in [0.25, 0.3) is 0 Å². The highest BCUT2D eigenvalue weighted by atomic mass is 16.3. The molecule has 1 aromatic rings. The molecule has 0 spiro atoms. The summed E-state index contributed by atoms with van der Waals surface area (Å²) in [6, 6.07) is 8.89. The average Bonchev–Trinajstić information content (AvgIpc) is 2.45. The lowest BCUT2D eigenvalue weighted by Crippen LogP contribution is -2.36. The third-order valence-corrected chi connectivity index (χ3v) is 2.84. The Balaban J connectivity index is 2.23. The van der Waals surface area contributed by atoms with Crippen molar-refractivity contribution in [1.29, 1.82) is 0 Å². The maximum absolute atomic E-state index is 11.6. The number of aliphatic hydroxyl groups is 3. The molecule has 2 unspecified atom stereocenters. The maximum atomic E-state index is 11.6. The van der Waals surface area contributed by atoms with Crippen molar-refractivity contribution in [3.63, 3.8) is 0 Å². The number of Topliss-reactive ketones (excluding diaryl/α,β-unsaturated/α-hetero) is 1. The van der Waals surface area contributed by atoms with Gasteiger partial charge >= 0.3 is 0 Å². The van der Waals surface area contributed by atoms with Crippen LogP contribution in [0.2, 0.25) is 0 Å². The Morgan fingerprint density at radius 2 is 1.84 bits per heavy atom. The van der Waals surface area contributed by atoms with Crippen LogP contribution in [0.3, 0.4) is 0 Å². The van der Waals surface area contributed by atoms with Crippen LogP contribution in [0, 0.1) is 0 Å². The van der Waals surface area contributed by atoms with E-state index < -0.39 is 18.0 Å². The molecule has 0 heterocycles. The molecular weight excluding hydrogens is 244 g/mol. The van der Waals surface area contributed by atoms with Gasteiger partial charge in [-0.3, -0.25) is 4.79 Å². The number of carbonyl (C=O) groups excluding carboxylic acids is 1. The minimum absolute atomic E-state index is 0.0231. The van der Waals surface area contributed by atoms with E-state index in [1.165, 1.54) is 24.3 Å². The molecule has 4 heteroatoms. The van der Waals surface area contributed by atoms with Gasteiger partial charge in [0.15, 0.2) is 5.78 Å². The van der Waals surface area contributed by atoms with Gasteiger partial charge < -0.3 is 15.3 Å². The van der Waals surface area contributed by atoms with Crippen LogP contribution in [0.4, 0.5) is 0 Å². The number of carbonyl (C=O) groups is 1. The largest absolute Gasteiger partial charge is 0.507 e. The quantitative estimate of drug-likeness (QED) is 0.553. The van der Waals surface area contributed by atoms with E-state index in [1.807, 2.05) is 6.07 Å². The molecule has 4 nitrogen and oxygen atoms in total. The Kier molecular flexibility index (Phi) is 3.94. The summed E-state index contributed by atoms with van der Waals surface area (Å²) in [5, 5.41) is 28.5. The first-order valence-corrected chi connectivity index (χ1v) is 5.84. The number of ketones is 1. The number of hydrogen-bond acceptors (Lipinski definition) is 4. The molecule has 0 aliphatic heterocycles. The maximum Gasteiger partial charge on any atom is 0.194 e. The van der Waals surface area contributed by atoms with E-state index in [9.17, 15) is 20.1 Å². The standard InChI is InChI=1S/C15H14O4/c16-12(10-4-2-1-3-5-10)8-6-11-7-9-13(17)15(19)14(11)18/h1-9,13,15-17,19H. The Hall–Kier alpha value is -2.17. The molecule has 0 saturated heterocycles. The fourth-order valence-corrected chi connectivity index (χ4v) is 1.73. The van der Waals surface area contributed by atoms with Crippen LogP contribution in [0.25, 0.3) is 5.76 Å². The minimum Gasteiger partial charge on any atom is -0.507 e. The second kappa shape index (κ2) is 5.65. The van der Waals surface area contributed by atoms with Gasteiger partial charge in [0, 0.05) is 11.1 Å². The molecule has 1 aromatic carbocycles. The number of hydrogen-bond donors (Lipinski definition) is 3. The SMILES string of the molecule is O=C1C(=CC=C(O)c2ccccc2)C=CC(O)C1O. The van der Waals surface area contributed by atoms with Gasteiger partial charge in [-0.15, -0.1) is 0 Å². The van der Waals surface area contributed by atoms with E-state index in [1.54, 1.807) is 24.3 Å². The molecule has 0 saturated carbocycles. The Labute approximate surface area is 110 Å². The van der Waals surface area contributed by atoms with E-state index in [-0.39, 0.29) is 11.3 Å². The molecule has 0 fully saturated rings. The van der Waals surface area contributed by atoms with Gasteiger partial charge in [-0.05, 0) is 12.2 Å². The lowest BCUT2D eigenvalue weighted by molar-refractivity contribution is -0.127. The van der Waals surface area contributed by atoms with E-state index >= 15 is 0 Å². The van der Waals surface area contributed by atoms with Crippen LogP contribution < -0.4 is 0 Å². The van der Waals surface area contributed by atoms with Crippen LogP contribution in [-0.4, -0.2) is 33.3 Å². The zero-order valence-electron chi connectivity index (χ0n) is 10.1. The van der Waals surface area contributed by atoms with E-state index in [4.69, 9.17) is 0 Å². The lowest BCUT2D eigenvalue weighted by Gasteiger charge is -2.18. The summed E-state index contributed by atoms with van der Waals surface area (Å²) in [6.45, 7) is 0. The van der Waals surface area contributed by atoms with Crippen molar-refractivity contribution >= 4 is 11.5 Å². The molecular formula is C15H14O4. The summed E-state index contributed by atoms with van der Waals surface area (Å²) in [7, 11) is 0. The van der Waals surface area contributed by atoms with Crippen molar-refractivity contribution in [2.24, 2.45) is 0 Å². The fourth-order valence-electron chi connectivity index (χ4n) is 1.73. The van der Waals surface area contributed by atoms with Crippen LogP contribution in [0.1, 0.15) is 5.56 Å². The third-order valence-electron chi connectivity index (χ3n) is 2.84. The van der Waals surface area contributed by atoms with Crippen molar-refractivity contribution in [3.8, 4) is 0 Å². The van der Waals surface area contributed by atoms with Crippen LogP contribution in [0.5, 0.6) is 0 Å². The van der Waals surface area contributed by atoms with Gasteiger partial charge in [0.2, 0.25) is 0 Å². The van der Waals surface area contributed by atoms with Crippen molar-refractivity contribution in [2.45, 2.75) is 12.2 Å². The van der Waals surface area contributed by atoms with Crippen LogP contribution in [-0.2, 0) is 4.79 Å². The van der Waals surface area contributed by atoms with Crippen molar-refractivity contribution in [2.75, 3.05) is 0 Å². The molecule has 1 aliphatic rings. The zero-order valence-corrected chi connectivity index (χ0v) is 10.1. The Bertz CT molecular complexity index is 555. The smallest absolute Gasteiger partial charge is 0.194 e. The van der Waals surface area contributed by atoms with E-state index in [0.29, 0.717) is 5.56 Å². The predicted octanol–water partition coefficient (Wildman–Crippen LogP) is 1.37. The zero-order chi connectivity index (χ0) is 13.8. The second-order valence-corrected chi connectivity index (χ2v) is 4.20. The number of allylic oxidation sites excluding steroid dienone is 3. The molecule has 2 rings (SSSR count). The third kappa shape index (κ3) is 2.99.